The van der Waals surface area contributed by atoms with Crippen molar-refractivity contribution in [3.8, 4) is 0 Å². The van der Waals surface area contributed by atoms with Crippen molar-refractivity contribution in [1.82, 2.24) is 4.98 Å². The molecule has 0 aliphatic heterocycles. The van der Waals surface area contributed by atoms with Gasteiger partial charge >= 0.3 is 5.97 Å². The van der Waals surface area contributed by atoms with Crippen LogP contribution in [-0.2, 0) is 4.74 Å². The molecule has 0 atom stereocenters. The molecule has 2 N–H and O–H groups in total. The van der Waals surface area contributed by atoms with Crippen LogP contribution in [0, 0.1) is 5.92 Å². The first-order chi connectivity index (χ1) is 8.59. The molecule has 0 amide bonds. The number of ether oxygens (including phenoxy) is 1. The maximum absolute atomic E-state index is 10.7. The highest BCUT2D eigenvalue weighted by Crippen LogP contribution is 2.04. The van der Waals surface area contributed by atoms with Crippen molar-refractivity contribution in [2.24, 2.45) is 5.92 Å². The summed E-state index contributed by atoms with van der Waals surface area (Å²) in [4.78, 5) is 14.7. The molecule has 1 aromatic rings. The highest BCUT2D eigenvalue weighted by atomic mass is 16.5. The molecule has 0 aliphatic carbocycles. The highest BCUT2D eigenvalue weighted by Gasteiger charge is 2.04. The number of anilines is 1. The summed E-state index contributed by atoms with van der Waals surface area (Å²) < 4.78 is 5.44. The molecule has 1 aromatic heterocycles. The SMILES string of the molecule is CC(C)COCCCNc1cccc(C(=O)O)n1. The van der Waals surface area contributed by atoms with Gasteiger partial charge in [0.15, 0.2) is 5.69 Å². The van der Waals surface area contributed by atoms with Crippen molar-refractivity contribution in [2.45, 2.75) is 20.3 Å². The zero-order valence-electron chi connectivity index (χ0n) is 10.8. The molecule has 0 bridgehead atoms. The zero-order valence-corrected chi connectivity index (χ0v) is 10.8. The first-order valence-corrected chi connectivity index (χ1v) is 6.11. The Labute approximate surface area is 107 Å². The second-order valence-corrected chi connectivity index (χ2v) is 4.46. The van der Waals surface area contributed by atoms with Crippen LogP contribution >= 0.6 is 0 Å². The lowest BCUT2D eigenvalue weighted by Gasteiger charge is -2.08. The maximum atomic E-state index is 10.7. The first kappa shape index (κ1) is 14.4. The molecule has 0 fully saturated rings. The number of rotatable bonds is 8. The Morgan fingerprint density at radius 3 is 2.94 bits per heavy atom. The minimum atomic E-state index is -1.01. The van der Waals surface area contributed by atoms with Gasteiger partial charge in [-0.3, -0.25) is 0 Å². The Kier molecular flexibility index (Phi) is 6.14. The molecule has 18 heavy (non-hydrogen) atoms. The van der Waals surface area contributed by atoms with Gasteiger partial charge in [-0.1, -0.05) is 19.9 Å². The molecule has 0 saturated carbocycles. The molecule has 5 nitrogen and oxygen atoms in total. The number of carbonyl (C=O) groups is 1. The molecule has 1 heterocycles. The summed E-state index contributed by atoms with van der Waals surface area (Å²) in [5.41, 5.74) is 0.0519. The zero-order chi connectivity index (χ0) is 13.4. The third-order valence-electron chi connectivity index (χ3n) is 2.19. The van der Waals surface area contributed by atoms with E-state index in [4.69, 9.17) is 9.84 Å². The summed E-state index contributed by atoms with van der Waals surface area (Å²) in [6.07, 6.45) is 0.867. The van der Waals surface area contributed by atoms with E-state index in [1.165, 1.54) is 6.07 Å². The fourth-order valence-electron chi connectivity index (χ4n) is 1.36. The lowest BCUT2D eigenvalue weighted by molar-refractivity contribution is 0.0690. The van der Waals surface area contributed by atoms with E-state index in [-0.39, 0.29) is 5.69 Å². The predicted octanol–water partition coefficient (Wildman–Crippen LogP) is 2.25. The molecular formula is C13H20N2O3. The van der Waals surface area contributed by atoms with E-state index >= 15 is 0 Å². The number of hydrogen-bond acceptors (Lipinski definition) is 4. The molecule has 0 aliphatic rings. The van der Waals surface area contributed by atoms with Crippen LogP contribution in [0.15, 0.2) is 18.2 Å². The van der Waals surface area contributed by atoms with Gasteiger partial charge in [-0.2, -0.15) is 0 Å². The highest BCUT2D eigenvalue weighted by molar-refractivity contribution is 5.85. The van der Waals surface area contributed by atoms with Gasteiger partial charge in [0, 0.05) is 19.8 Å². The van der Waals surface area contributed by atoms with Crippen LogP contribution in [0.4, 0.5) is 5.82 Å². The van der Waals surface area contributed by atoms with Crippen molar-refractivity contribution in [3.05, 3.63) is 23.9 Å². The topological polar surface area (TPSA) is 71.5 Å². The van der Waals surface area contributed by atoms with Crippen molar-refractivity contribution in [2.75, 3.05) is 25.1 Å². The number of aromatic carboxylic acids is 1. The van der Waals surface area contributed by atoms with Crippen molar-refractivity contribution in [3.63, 3.8) is 0 Å². The van der Waals surface area contributed by atoms with E-state index in [1.807, 2.05) is 0 Å². The maximum Gasteiger partial charge on any atom is 0.354 e. The van der Waals surface area contributed by atoms with Gasteiger partial charge in [-0.15, -0.1) is 0 Å². The second kappa shape index (κ2) is 7.66. The Balaban J connectivity index is 2.23. The van der Waals surface area contributed by atoms with Crippen molar-refractivity contribution < 1.29 is 14.6 Å². The lowest BCUT2D eigenvalue weighted by atomic mass is 10.2. The Morgan fingerprint density at radius 1 is 1.50 bits per heavy atom. The molecule has 0 unspecified atom stereocenters. The summed E-state index contributed by atoms with van der Waals surface area (Å²) >= 11 is 0. The van der Waals surface area contributed by atoms with E-state index < -0.39 is 5.97 Å². The molecule has 0 spiro atoms. The van der Waals surface area contributed by atoms with E-state index in [0.717, 1.165) is 13.0 Å². The number of nitrogens with zero attached hydrogens (tertiary/aromatic N) is 1. The number of carboxylic acids is 1. The lowest BCUT2D eigenvalue weighted by Crippen LogP contribution is -2.10. The van der Waals surface area contributed by atoms with Crippen LogP contribution in [0.3, 0.4) is 0 Å². The molecule has 1 rings (SSSR count). The monoisotopic (exact) mass is 252 g/mol. The van der Waals surface area contributed by atoms with Gasteiger partial charge in [0.2, 0.25) is 0 Å². The smallest absolute Gasteiger partial charge is 0.354 e. The fourth-order valence-corrected chi connectivity index (χ4v) is 1.36. The molecule has 0 aromatic carbocycles. The Hall–Kier alpha value is -1.62. The number of nitrogens with one attached hydrogen (secondary N) is 1. The van der Waals surface area contributed by atoms with Crippen LogP contribution < -0.4 is 5.32 Å². The van der Waals surface area contributed by atoms with Crippen LogP contribution in [0.1, 0.15) is 30.8 Å². The van der Waals surface area contributed by atoms with Crippen LogP contribution in [0.5, 0.6) is 0 Å². The van der Waals surface area contributed by atoms with E-state index in [9.17, 15) is 4.79 Å². The van der Waals surface area contributed by atoms with Crippen LogP contribution in [-0.4, -0.2) is 35.8 Å². The Morgan fingerprint density at radius 2 is 2.28 bits per heavy atom. The molecule has 0 radical (unpaired) electrons. The van der Waals surface area contributed by atoms with Gasteiger partial charge in [-0.25, -0.2) is 9.78 Å². The number of carboxylic acid groups (broad SMARTS) is 1. The van der Waals surface area contributed by atoms with E-state index in [2.05, 4.69) is 24.1 Å². The first-order valence-electron chi connectivity index (χ1n) is 6.11. The average molecular weight is 252 g/mol. The minimum Gasteiger partial charge on any atom is -0.477 e. The van der Waals surface area contributed by atoms with Gasteiger partial charge in [-0.05, 0) is 24.5 Å². The van der Waals surface area contributed by atoms with Gasteiger partial charge < -0.3 is 15.2 Å². The predicted molar refractivity (Wildman–Crippen MR) is 70.0 cm³/mol. The third-order valence-corrected chi connectivity index (χ3v) is 2.19. The Bertz CT molecular complexity index is 380. The van der Waals surface area contributed by atoms with E-state index in [0.29, 0.717) is 24.9 Å². The van der Waals surface area contributed by atoms with Gasteiger partial charge in [0.1, 0.15) is 5.82 Å². The van der Waals surface area contributed by atoms with Crippen molar-refractivity contribution in [1.29, 1.82) is 0 Å². The summed E-state index contributed by atoms with van der Waals surface area (Å²) in [6, 6.07) is 4.90. The summed E-state index contributed by atoms with van der Waals surface area (Å²) in [6.45, 7) is 6.41. The molecule has 0 saturated heterocycles. The normalized spacial score (nSPS) is 10.6. The standard InChI is InChI=1S/C13H20N2O3/c1-10(2)9-18-8-4-7-14-12-6-3-5-11(15-12)13(16)17/h3,5-6,10H,4,7-9H2,1-2H3,(H,14,15)(H,16,17). The van der Waals surface area contributed by atoms with Crippen LogP contribution in [0.25, 0.3) is 0 Å². The second-order valence-electron chi connectivity index (χ2n) is 4.46. The van der Waals surface area contributed by atoms with Gasteiger partial charge in [0.25, 0.3) is 0 Å². The summed E-state index contributed by atoms with van der Waals surface area (Å²) in [5, 5.41) is 11.9. The number of pyridine rings is 1. The third kappa shape index (κ3) is 5.63. The minimum absolute atomic E-state index is 0.0519. The van der Waals surface area contributed by atoms with Gasteiger partial charge in [0.05, 0.1) is 0 Å². The fraction of sp³-hybridized carbons (Fsp3) is 0.538. The van der Waals surface area contributed by atoms with Crippen molar-refractivity contribution >= 4 is 11.8 Å². The van der Waals surface area contributed by atoms with Crippen LogP contribution in [0.2, 0.25) is 0 Å². The molecule has 5 heteroatoms. The summed E-state index contributed by atoms with van der Waals surface area (Å²) in [5.74, 6) is 0.115. The number of hydrogen-bond donors (Lipinski definition) is 2. The average Bonchev–Trinajstić information content (AvgIpc) is 2.33. The molecule has 100 valence electrons. The van der Waals surface area contributed by atoms with E-state index in [1.54, 1.807) is 12.1 Å². The largest absolute Gasteiger partial charge is 0.477 e. The molecular weight excluding hydrogens is 232 g/mol. The summed E-state index contributed by atoms with van der Waals surface area (Å²) in [7, 11) is 0. The number of aromatic nitrogens is 1. The quantitative estimate of drug-likeness (QED) is 0.694.